The molecule has 1 aromatic heterocycles. The summed E-state index contributed by atoms with van der Waals surface area (Å²) in [5.41, 5.74) is 3.44. The third-order valence-electron chi connectivity index (χ3n) is 7.33. The zero-order chi connectivity index (χ0) is 29.8. The second-order valence-corrected chi connectivity index (χ2v) is 11.4. The highest BCUT2D eigenvalue weighted by atomic mass is 16.5. The van der Waals surface area contributed by atoms with Crippen molar-refractivity contribution in [3.63, 3.8) is 0 Å². The first-order valence-electron chi connectivity index (χ1n) is 13.7. The molecular weight excluding hydrogens is 504 g/mol. The number of fused-ring (bicyclic) bond motifs is 2. The molecule has 0 amide bonds. The van der Waals surface area contributed by atoms with Gasteiger partial charge in [-0.1, -0.05) is 46.6 Å². The van der Waals surface area contributed by atoms with E-state index in [1.807, 2.05) is 52.8 Å². The number of ether oxygens (including phenoxy) is 1. The first-order valence-corrected chi connectivity index (χ1v) is 13.7. The number of allylic oxidation sites excluding steroid dienone is 9. The topological polar surface area (TPSA) is 97.0 Å². The van der Waals surface area contributed by atoms with Gasteiger partial charge in [-0.05, 0) is 80.6 Å². The van der Waals surface area contributed by atoms with E-state index in [1.165, 1.54) is 24.8 Å². The van der Waals surface area contributed by atoms with Gasteiger partial charge in [0.25, 0.3) is 0 Å². The number of Topliss-reactive ketones (excluding diaryl/α,β-unsaturated/α-hetero) is 1. The summed E-state index contributed by atoms with van der Waals surface area (Å²) in [6, 6.07) is 1.42. The third-order valence-corrected chi connectivity index (χ3v) is 7.33. The Balaban J connectivity index is 2.36. The van der Waals surface area contributed by atoms with E-state index >= 15 is 0 Å². The smallest absolute Gasteiger partial charge is 0.208 e. The van der Waals surface area contributed by atoms with Crippen LogP contribution in [0.5, 0.6) is 11.5 Å². The first-order chi connectivity index (χ1) is 18.8. The molecule has 0 radical (unpaired) electrons. The molecular formula is C34H42O6. The van der Waals surface area contributed by atoms with Crippen LogP contribution in [0.15, 0.2) is 67.6 Å². The maximum absolute atomic E-state index is 14.3. The number of methoxy groups -OCH3 is 1. The van der Waals surface area contributed by atoms with Crippen LogP contribution >= 0.6 is 0 Å². The number of aliphatic hydroxyl groups excluding tert-OH is 1. The number of aliphatic hydroxyl groups is 1. The molecule has 1 aromatic carbocycles. The van der Waals surface area contributed by atoms with Crippen LogP contribution in [-0.4, -0.2) is 23.1 Å². The maximum atomic E-state index is 14.3. The van der Waals surface area contributed by atoms with Crippen molar-refractivity contribution in [3.05, 3.63) is 85.5 Å². The average molecular weight is 547 g/mol. The largest absolute Gasteiger partial charge is 0.507 e. The highest BCUT2D eigenvalue weighted by molar-refractivity contribution is 6.08. The molecule has 0 aliphatic heterocycles. The number of ketones is 1. The Labute approximate surface area is 237 Å². The van der Waals surface area contributed by atoms with Crippen molar-refractivity contribution in [3.8, 4) is 11.5 Å². The number of hydrogen-bond acceptors (Lipinski definition) is 6. The van der Waals surface area contributed by atoms with Gasteiger partial charge in [0, 0.05) is 17.7 Å². The van der Waals surface area contributed by atoms with E-state index in [9.17, 15) is 19.8 Å². The SMILES string of the molecule is COc1cc(O)c2c(=O)c3c(oc2c1CC=C(C)C)C=C(O)C(=O)C3(CC=C(C)C)C/C=C(\C)CCC=C(C)C. The fraction of sp³-hybridized carbons (Fsp3) is 0.412. The summed E-state index contributed by atoms with van der Waals surface area (Å²) < 4.78 is 11.8. The zero-order valence-corrected chi connectivity index (χ0v) is 25.0. The van der Waals surface area contributed by atoms with Gasteiger partial charge in [0.2, 0.25) is 11.2 Å². The summed E-state index contributed by atoms with van der Waals surface area (Å²) in [4.78, 5) is 28.1. The van der Waals surface area contributed by atoms with Crippen LogP contribution in [0.2, 0.25) is 0 Å². The first kappa shape index (κ1) is 30.7. The lowest BCUT2D eigenvalue weighted by Gasteiger charge is -2.34. The summed E-state index contributed by atoms with van der Waals surface area (Å²) in [5, 5.41) is 21.9. The Kier molecular flexibility index (Phi) is 9.67. The average Bonchev–Trinajstić information content (AvgIpc) is 2.87. The highest BCUT2D eigenvalue weighted by Gasteiger charge is 2.47. The molecule has 0 saturated carbocycles. The van der Waals surface area contributed by atoms with Crippen molar-refractivity contribution < 1.29 is 24.2 Å². The summed E-state index contributed by atoms with van der Waals surface area (Å²) in [7, 11) is 1.49. The lowest BCUT2D eigenvalue weighted by atomic mass is 9.67. The second kappa shape index (κ2) is 12.6. The monoisotopic (exact) mass is 546 g/mol. The molecule has 0 spiro atoms. The summed E-state index contributed by atoms with van der Waals surface area (Å²) in [6.45, 7) is 13.9. The number of hydrogen-bond donors (Lipinski definition) is 2. The van der Waals surface area contributed by atoms with Gasteiger partial charge in [-0.3, -0.25) is 9.59 Å². The normalized spacial score (nSPS) is 16.8. The minimum absolute atomic E-state index is 0.00475. The molecule has 1 aliphatic carbocycles. The number of phenolic OH excluding ortho intramolecular Hbond substituents is 1. The van der Waals surface area contributed by atoms with E-state index in [4.69, 9.17) is 9.15 Å². The minimum Gasteiger partial charge on any atom is -0.507 e. The number of carbonyl (C=O) groups excluding carboxylic acids is 1. The second-order valence-electron chi connectivity index (χ2n) is 11.4. The Morgan fingerprint density at radius 3 is 2.15 bits per heavy atom. The molecule has 214 valence electrons. The predicted molar refractivity (Wildman–Crippen MR) is 162 cm³/mol. The van der Waals surface area contributed by atoms with E-state index in [2.05, 4.69) is 19.9 Å². The zero-order valence-electron chi connectivity index (χ0n) is 25.0. The number of phenols is 1. The Hall–Kier alpha value is -3.80. The molecule has 2 aromatic rings. The molecule has 1 atom stereocenters. The number of benzene rings is 1. The van der Waals surface area contributed by atoms with Gasteiger partial charge in [-0.15, -0.1) is 0 Å². The molecule has 2 N–H and O–H groups in total. The van der Waals surface area contributed by atoms with Crippen molar-refractivity contribution in [2.24, 2.45) is 0 Å². The fourth-order valence-corrected chi connectivity index (χ4v) is 5.07. The molecule has 1 aliphatic rings. The summed E-state index contributed by atoms with van der Waals surface area (Å²) in [5.74, 6) is -0.754. The van der Waals surface area contributed by atoms with Gasteiger partial charge in [-0.2, -0.15) is 0 Å². The van der Waals surface area contributed by atoms with E-state index in [-0.39, 0.29) is 40.9 Å². The standard InChI is InChI=1S/C34H42O6/c1-20(2)10-9-11-23(7)15-17-34(16-14-22(5)6)30-28(19-26(36)33(34)38)40-32-24(13-12-21(3)4)27(39-8)18-25(35)29(32)31(30)37/h10,12,14-15,18-19,35-36H,9,11,13,16-17H2,1-8H3/b23-15+. The minimum atomic E-state index is -1.38. The molecule has 0 bridgehead atoms. The van der Waals surface area contributed by atoms with Crippen LogP contribution < -0.4 is 10.2 Å². The van der Waals surface area contributed by atoms with E-state index < -0.39 is 22.4 Å². The van der Waals surface area contributed by atoms with Crippen molar-refractivity contribution in [2.75, 3.05) is 7.11 Å². The number of rotatable bonds is 10. The summed E-state index contributed by atoms with van der Waals surface area (Å²) in [6.07, 6.45) is 11.8. The van der Waals surface area contributed by atoms with Crippen molar-refractivity contribution in [2.45, 2.75) is 86.0 Å². The van der Waals surface area contributed by atoms with Crippen molar-refractivity contribution >= 4 is 22.8 Å². The van der Waals surface area contributed by atoms with Crippen LogP contribution in [0.1, 0.15) is 91.0 Å². The molecule has 6 heteroatoms. The molecule has 3 rings (SSSR count). The fourth-order valence-electron chi connectivity index (χ4n) is 5.07. The molecule has 1 heterocycles. The van der Waals surface area contributed by atoms with Gasteiger partial charge >= 0.3 is 0 Å². The molecule has 0 fully saturated rings. The van der Waals surface area contributed by atoms with Crippen LogP contribution in [-0.2, 0) is 16.6 Å². The van der Waals surface area contributed by atoms with E-state index in [1.54, 1.807) is 0 Å². The number of carbonyl (C=O) groups is 1. The van der Waals surface area contributed by atoms with Crippen LogP contribution in [0.25, 0.3) is 17.0 Å². The van der Waals surface area contributed by atoms with E-state index in [0.29, 0.717) is 17.7 Å². The van der Waals surface area contributed by atoms with Crippen molar-refractivity contribution in [1.82, 2.24) is 0 Å². The number of aromatic hydroxyl groups is 1. The highest BCUT2D eigenvalue weighted by Crippen LogP contribution is 2.44. The predicted octanol–water partition coefficient (Wildman–Crippen LogP) is 8.17. The molecule has 6 nitrogen and oxygen atoms in total. The van der Waals surface area contributed by atoms with Gasteiger partial charge in [0.05, 0.1) is 18.1 Å². The third kappa shape index (κ3) is 6.33. The van der Waals surface area contributed by atoms with Gasteiger partial charge in [-0.25, -0.2) is 0 Å². The van der Waals surface area contributed by atoms with Gasteiger partial charge in [0.15, 0.2) is 5.76 Å². The Morgan fingerprint density at radius 1 is 0.925 bits per heavy atom. The van der Waals surface area contributed by atoms with Gasteiger partial charge < -0.3 is 19.4 Å². The quantitative estimate of drug-likeness (QED) is 0.292. The maximum Gasteiger partial charge on any atom is 0.208 e. The lowest BCUT2D eigenvalue weighted by Crippen LogP contribution is -2.43. The Morgan fingerprint density at radius 2 is 1.55 bits per heavy atom. The van der Waals surface area contributed by atoms with Gasteiger partial charge in [0.1, 0.15) is 28.2 Å². The van der Waals surface area contributed by atoms with Crippen molar-refractivity contribution in [1.29, 1.82) is 0 Å². The Bertz CT molecular complexity index is 1510. The van der Waals surface area contributed by atoms with Crippen LogP contribution in [0.4, 0.5) is 0 Å². The molecule has 1 unspecified atom stereocenters. The van der Waals surface area contributed by atoms with E-state index in [0.717, 1.165) is 29.6 Å². The van der Waals surface area contributed by atoms with Crippen LogP contribution in [0.3, 0.4) is 0 Å². The molecule has 40 heavy (non-hydrogen) atoms. The molecule has 0 saturated heterocycles. The lowest BCUT2D eigenvalue weighted by molar-refractivity contribution is -0.123. The summed E-state index contributed by atoms with van der Waals surface area (Å²) >= 11 is 0. The van der Waals surface area contributed by atoms with Crippen LogP contribution in [0, 0.1) is 0 Å².